The normalized spacial score (nSPS) is 10.8. The minimum atomic E-state index is -0.783. The molecule has 0 aliphatic rings. The zero-order valence-electron chi connectivity index (χ0n) is 10.7. The van der Waals surface area contributed by atoms with E-state index in [4.69, 9.17) is 5.26 Å². The molecular weight excluding hydrogens is 233 g/mol. The maximum absolute atomic E-state index is 13.6. The number of nitrogens with one attached hydrogen (secondary N) is 2. The topological polar surface area (TPSA) is 64.9 Å². The molecular formula is C13H16FN3O. The van der Waals surface area contributed by atoms with Gasteiger partial charge >= 0.3 is 0 Å². The molecule has 0 heterocycles. The highest BCUT2D eigenvalue weighted by atomic mass is 19.1. The maximum Gasteiger partial charge on any atom is 0.244 e. The van der Waals surface area contributed by atoms with E-state index in [1.54, 1.807) is 13.8 Å². The summed E-state index contributed by atoms with van der Waals surface area (Å²) >= 11 is 0. The van der Waals surface area contributed by atoms with Crippen molar-refractivity contribution >= 4 is 11.6 Å². The molecule has 0 bridgehead atoms. The van der Waals surface area contributed by atoms with E-state index in [0.717, 1.165) is 6.07 Å². The van der Waals surface area contributed by atoms with Crippen LogP contribution in [0.4, 0.5) is 10.1 Å². The fourth-order valence-corrected chi connectivity index (χ4v) is 1.49. The number of nitriles is 1. The molecule has 0 fully saturated rings. The third-order valence-electron chi connectivity index (χ3n) is 2.53. The monoisotopic (exact) mass is 249 g/mol. The zero-order valence-corrected chi connectivity index (χ0v) is 10.7. The summed E-state index contributed by atoms with van der Waals surface area (Å²) in [7, 11) is 0. The lowest BCUT2D eigenvalue weighted by Gasteiger charge is -2.24. The van der Waals surface area contributed by atoms with Crippen LogP contribution in [0.1, 0.15) is 26.3 Å². The number of rotatable bonds is 4. The van der Waals surface area contributed by atoms with Crippen molar-refractivity contribution in [2.75, 3.05) is 11.9 Å². The lowest BCUT2D eigenvalue weighted by atomic mass is 10.0. The van der Waals surface area contributed by atoms with E-state index in [1.807, 2.05) is 13.0 Å². The third kappa shape index (κ3) is 3.28. The molecule has 18 heavy (non-hydrogen) atoms. The second-order valence-corrected chi connectivity index (χ2v) is 4.42. The van der Waals surface area contributed by atoms with Crippen LogP contribution in [0.15, 0.2) is 18.2 Å². The first-order valence-corrected chi connectivity index (χ1v) is 5.67. The van der Waals surface area contributed by atoms with Crippen LogP contribution in [-0.4, -0.2) is 18.0 Å². The van der Waals surface area contributed by atoms with Crippen molar-refractivity contribution in [2.24, 2.45) is 0 Å². The van der Waals surface area contributed by atoms with Crippen LogP contribution in [-0.2, 0) is 4.79 Å². The highest BCUT2D eigenvalue weighted by molar-refractivity contribution is 5.97. The standard InChI is InChI=1S/C13H16FN3O/c1-4-16-13(2,3)12(18)17-11-6-5-9(8-15)7-10(11)14/h5-7,16H,4H2,1-3H3,(H,17,18). The average molecular weight is 249 g/mol. The molecule has 0 unspecified atom stereocenters. The molecule has 0 saturated carbocycles. The van der Waals surface area contributed by atoms with E-state index < -0.39 is 11.4 Å². The average Bonchev–Trinajstić information content (AvgIpc) is 2.31. The van der Waals surface area contributed by atoms with Gasteiger partial charge in [-0.1, -0.05) is 6.92 Å². The lowest BCUT2D eigenvalue weighted by molar-refractivity contribution is -0.121. The number of benzene rings is 1. The Labute approximate surface area is 106 Å². The summed E-state index contributed by atoms with van der Waals surface area (Å²) in [5.74, 6) is -0.942. The quantitative estimate of drug-likeness (QED) is 0.858. The number of anilines is 1. The van der Waals surface area contributed by atoms with Gasteiger partial charge in [-0.15, -0.1) is 0 Å². The molecule has 1 amide bonds. The number of carbonyl (C=O) groups excluding carboxylic acids is 1. The van der Waals surface area contributed by atoms with Gasteiger partial charge in [0.2, 0.25) is 5.91 Å². The molecule has 0 radical (unpaired) electrons. The number of carbonyl (C=O) groups is 1. The van der Waals surface area contributed by atoms with E-state index in [9.17, 15) is 9.18 Å². The minimum Gasteiger partial charge on any atom is -0.322 e. The second kappa shape index (κ2) is 5.61. The minimum absolute atomic E-state index is 0.0741. The molecule has 0 spiro atoms. The van der Waals surface area contributed by atoms with Crippen LogP contribution in [0.25, 0.3) is 0 Å². The Bertz CT molecular complexity index is 491. The van der Waals surface area contributed by atoms with E-state index in [-0.39, 0.29) is 17.2 Å². The van der Waals surface area contributed by atoms with E-state index in [1.165, 1.54) is 12.1 Å². The molecule has 0 aromatic heterocycles. The van der Waals surface area contributed by atoms with Crippen molar-refractivity contribution in [3.05, 3.63) is 29.6 Å². The van der Waals surface area contributed by atoms with E-state index in [0.29, 0.717) is 6.54 Å². The van der Waals surface area contributed by atoms with Crippen LogP contribution in [0, 0.1) is 17.1 Å². The molecule has 96 valence electrons. The predicted molar refractivity (Wildman–Crippen MR) is 67.5 cm³/mol. The van der Waals surface area contributed by atoms with Gasteiger partial charge in [-0.2, -0.15) is 5.26 Å². The molecule has 0 saturated heterocycles. The predicted octanol–water partition coefficient (Wildman–Crippen LogP) is 2.02. The Kier molecular flexibility index (Phi) is 4.40. The molecule has 2 N–H and O–H groups in total. The summed E-state index contributed by atoms with van der Waals surface area (Å²) in [5.41, 5.74) is -0.490. The first kappa shape index (κ1) is 14.1. The molecule has 1 rings (SSSR count). The van der Waals surface area contributed by atoms with Gasteiger partial charge < -0.3 is 10.6 Å². The number of likely N-dealkylation sites (N-methyl/N-ethyl adjacent to an activating group) is 1. The number of halogens is 1. The highest BCUT2D eigenvalue weighted by Crippen LogP contribution is 2.17. The summed E-state index contributed by atoms with van der Waals surface area (Å²) in [6.07, 6.45) is 0. The van der Waals surface area contributed by atoms with Crippen LogP contribution < -0.4 is 10.6 Å². The van der Waals surface area contributed by atoms with Crippen molar-refractivity contribution in [2.45, 2.75) is 26.3 Å². The Morgan fingerprint density at radius 3 is 2.67 bits per heavy atom. The smallest absolute Gasteiger partial charge is 0.244 e. The summed E-state index contributed by atoms with van der Waals surface area (Å²) in [6.45, 7) is 5.95. The highest BCUT2D eigenvalue weighted by Gasteiger charge is 2.26. The second-order valence-electron chi connectivity index (χ2n) is 4.42. The van der Waals surface area contributed by atoms with Gasteiger partial charge in [-0.05, 0) is 38.6 Å². The summed E-state index contributed by atoms with van der Waals surface area (Å²) < 4.78 is 13.6. The first-order chi connectivity index (χ1) is 8.40. The van der Waals surface area contributed by atoms with Crippen molar-refractivity contribution in [3.8, 4) is 6.07 Å². The van der Waals surface area contributed by atoms with Crippen molar-refractivity contribution in [1.29, 1.82) is 5.26 Å². The van der Waals surface area contributed by atoms with Gasteiger partial charge in [0.15, 0.2) is 0 Å². The number of nitrogens with zero attached hydrogens (tertiary/aromatic N) is 1. The summed E-state index contributed by atoms with van der Waals surface area (Å²) in [5, 5.41) is 14.1. The first-order valence-electron chi connectivity index (χ1n) is 5.67. The lowest BCUT2D eigenvalue weighted by Crippen LogP contribution is -2.49. The van der Waals surface area contributed by atoms with Crippen LogP contribution >= 0.6 is 0 Å². The largest absolute Gasteiger partial charge is 0.322 e. The Balaban J connectivity index is 2.86. The number of amides is 1. The van der Waals surface area contributed by atoms with Gasteiger partial charge in [-0.25, -0.2) is 4.39 Å². The molecule has 0 aliphatic carbocycles. The SMILES string of the molecule is CCNC(C)(C)C(=O)Nc1ccc(C#N)cc1F. The van der Waals surface area contributed by atoms with Crippen molar-refractivity contribution in [1.82, 2.24) is 5.32 Å². The van der Waals surface area contributed by atoms with Gasteiger partial charge in [0.1, 0.15) is 5.82 Å². The van der Waals surface area contributed by atoms with Gasteiger partial charge in [0.25, 0.3) is 0 Å². The van der Waals surface area contributed by atoms with Gasteiger partial charge in [0, 0.05) is 0 Å². The Hall–Kier alpha value is -1.93. The van der Waals surface area contributed by atoms with Gasteiger partial charge in [-0.3, -0.25) is 4.79 Å². The van der Waals surface area contributed by atoms with Crippen molar-refractivity contribution < 1.29 is 9.18 Å². The fraction of sp³-hybridized carbons (Fsp3) is 0.385. The zero-order chi connectivity index (χ0) is 13.8. The van der Waals surface area contributed by atoms with Gasteiger partial charge in [0.05, 0.1) is 22.9 Å². The molecule has 0 aliphatic heterocycles. The number of hydrogen-bond acceptors (Lipinski definition) is 3. The maximum atomic E-state index is 13.6. The molecule has 5 heteroatoms. The summed E-state index contributed by atoms with van der Waals surface area (Å²) in [4.78, 5) is 11.9. The fourth-order valence-electron chi connectivity index (χ4n) is 1.49. The number of hydrogen-bond donors (Lipinski definition) is 2. The molecule has 1 aromatic rings. The summed E-state index contributed by atoms with van der Waals surface area (Å²) in [6, 6.07) is 5.77. The molecule has 0 atom stereocenters. The Morgan fingerprint density at radius 1 is 1.50 bits per heavy atom. The van der Waals surface area contributed by atoms with E-state index >= 15 is 0 Å². The Morgan fingerprint density at radius 2 is 2.17 bits per heavy atom. The van der Waals surface area contributed by atoms with Crippen LogP contribution in [0.3, 0.4) is 0 Å². The third-order valence-corrected chi connectivity index (χ3v) is 2.53. The van der Waals surface area contributed by atoms with Crippen molar-refractivity contribution in [3.63, 3.8) is 0 Å². The van der Waals surface area contributed by atoms with Crippen LogP contribution in [0.5, 0.6) is 0 Å². The van der Waals surface area contributed by atoms with Crippen LogP contribution in [0.2, 0.25) is 0 Å². The van der Waals surface area contributed by atoms with E-state index in [2.05, 4.69) is 10.6 Å². The molecule has 4 nitrogen and oxygen atoms in total. The molecule has 1 aromatic carbocycles.